The van der Waals surface area contributed by atoms with Crippen LogP contribution in [-0.4, -0.2) is 18.1 Å². The molecule has 0 spiro atoms. The number of azide groups is 1. The zero-order valence-electron chi connectivity index (χ0n) is 11.7. The second-order valence-electron chi connectivity index (χ2n) is 5.68. The predicted octanol–water partition coefficient (Wildman–Crippen LogP) is 3.69. The van der Waals surface area contributed by atoms with E-state index in [4.69, 9.17) is 10.3 Å². The normalized spacial score (nSPS) is 29.5. The molecule has 0 aromatic rings. The quantitative estimate of drug-likeness (QED) is 0.331. The molecule has 0 bridgehead atoms. The molecule has 0 aromatic carbocycles. The Morgan fingerprint density at radius 1 is 1.39 bits per heavy atom. The second-order valence-corrected chi connectivity index (χ2v) is 5.68. The van der Waals surface area contributed by atoms with Crippen molar-refractivity contribution in [2.24, 2.45) is 22.9 Å². The van der Waals surface area contributed by atoms with Gasteiger partial charge in [-0.15, -0.1) is 0 Å². The van der Waals surface area contributed by atoms with Crippen LogP contribution < -0.4 is 0 Å². The summed E-state index contributed by atoms with van der Waals surface area (Å²) in [4.78, 5) is 14.4. The number of carbonyl (C=O) groups excluding carboxylic acids is 1. The zero-order valence-corrected chi connectivity index (χ0v) is 11.7. The van der Waals surface area contributed by atoms with E-state index in [1.54, 1.807) is 6.92 Å². The molecular weight excluding hydrogens is 230 g/mol. The standard InChI is InChI=1S/C13H23N3O2/c1-8(2)11-6-5-9(3)7-12(11)18-13(17)10(4)15-16-14/h8-12H,5-7H2,1-4H3. The van der Waals surface area contributed by atoms with Crippen LogP contribution in [0.25, 0.3) is 10.4 Å². The van der Waals surface area contributed by atoms with Crippen molar-refractivity contribution in [1.29, 1.82) is 0 Å². The van der Waals surface area contributed by atoms with E-state index in [1.165, 1.54) is 6.42 Å². The highest BCUT2D eigenvalue weighted by Crippen LogP contribution is 2.35. The van der Waals surface area contributed by atoms with Gasteiger partial charge in [0.05, 0.1) is 0 Å². The molecule has 4 atom stereocenters. The van der Waals surface area contributed by atoms with E-state index in [1.807, 2.05) is 0 Å². The fourth-order valence-corrected chi connectivity index (χ4v) is 2.62. The van der Waals surface area contributed by atoms with Crippen molar-refractivity contribution in [3.8, 4) is 0 Å². The van der Waals surface area contributed by atoms with Crippen LogP contribution in [0.1, 0.15) is 47.0 Å². The lowest BCUT2D eigenvalue weighted by Gasteiger charge is -2.36. The van der Waals surface area contributed by atoms with Crippen LogP contribution in [0, 0.1) is 17.8 Å². The Kier molecular flexibility index (Phi) is 5.48. The predicted molar refractivity (Wildman–Crippen MR) is 69.8 cm³/mol. The van der Waals surface area contributed by atoms with Crippen molar-refractivity contribution in [2.45, 2.75) is 59.1 Å². The Hall–Kier alpha value is -1.22. The fraction of sp³-hybridized carbons (Fsp3) is 0.923. The lowest BCUT2D eigenvalue weighted by atomic mass is 9.75. The van der Waals surface area contributed by atoms with E-state index in [0.29, 0.717) is 17.8 Å². The van der Waals surface area contributed by atoms with Gasteiger partial charge in [-0.25, -0.2) is 0 Å². The molecule has 0 saturated heterocycles. The Labute approximate surface area is 109 Å². The first-order valence-corrected chi connectivity index (χ1v) is 6.70. The van der Waals surface area contributed by atoms with E-state index in [-0.39, 0.29) is 6.10 Å². The van der Waals surface area contributed by atoms with Crippen molar-refractivity contribution in [3.05, 3.63) is 10.4 Å². The fourth-order valence-electron chi connectivity index (χ4n) is 2.62. The van der Waals surface area contributed by atoms with Crippen LogP contribution >= 0.6 is 0 Å². The number of rotatable bonds is 4. The number of hydrogen-bond acceptors (Lipinski definition) is 3. The van der Waals surface area contributed by atoms with Gasteiger partial charge in [0.1, 0.15) is 12.1 Å². The lowest BCUT2D eigenvalue weighted by Crippen LogP contribution is -2.37. The zero-order chi connectivity index (χ0) is 13.7. The molecule has 4 unspecified atom stereocenters. The molecule has 1 rings (SSSR count). The summed E-state index contributed by atoms with van der Waals surface area (Å²) in [6, 6.07) is -0.736. The van der Waals surface area contributed by atoms with Crippen molar-refractivity contribution >= 4 is 5.97 Å². The first-order valence-electron chi connectivity index (χ1n) is 6.70. The molecule has 1 fully saturated rings. The Bertz CT molecular complexity index is 337. The maximum absolute atomic E-state index is 11.8. The number of ether oxygens (including phenoxy) is 1. The van der Waals surface area contributed by atoms with Crippen LogP contribution in [-0.2, 0) is 9.53 Å². The first kappa shape index (κ1) is 14.8. The molecule has 5 nitrogen and oxygen atoms in total. The van der Waals surface area contributed by atoms with Gasteiger partial charge in [0, 0.05) is 4.91 Å². The van der Waals surface area contributed by atoms with Crippen LogP contribution in [0.4, 0.5) is 0 Å². The van der Waals surface area contributed by atoms with Gasteiger partial charge in [-0.3, -0.25) is 4.79 Å². The molecule has 0 heterocycles. The summed E-state index contributed by atoms with van der Waals surface area (Å²) in [7, 11) is 0. The van der Waals surface area contributed by atoms with Gasteiger partial charge in [0.25, 0.3) is 0 Å². The number of nitrogens with zero attached hydrogens (tertiary/aromatic N) is 3. The number of hydrogen-bond donors (Lipinski definition) is 0. The van der Waals surface area contributed by atoms with E-state index in [2.05, 4.69) is 30.8 Å². The minimum Gasteiger partial charge on any atom is -0.462 e. The van der Waals surface area contributed by atoms with Crippen LogP contribution in [0.3, 0.4) is 0 Å². The largest absolute Gasteiger partial charge is 0.462 e. The van der Waals surface area contributed by atoms with Gasteiger partial charge in [-0.2, -0.15) is 0 Å². The maximum Gasteiger partial charge on any atom is 0.314 e. The molecular formula is C13H23N3O2. The van der Waals surface area contributed by atoms with Crippen molar-refractivity contribution in [3.63, 3.8) is 0 Å². The summed E-state index contributed by atoms with van der Waals surface area (Å²) in [6.07, 6.45) is 3.19. The van der Waals surface area contributed by atoms with Crippen LogP contribution in [0.15, 0.2) is 5.11 Å². The maximum atomic E-state index is 11.8. The summed E-state index contributed by atoms with van der Waals surface area (Å²) >= 11 is 0. The van der Waals surface area contributed by atoms with Crippen molar-refractivity contribution in [1.82, 2.24) is 0 Å². The summed E-state index contributed by atoms with van der Waals surface area (Å²) < 4.78 is 5.55. The number of esters is 1. The van der Waals surface area contributed by atoms with Gasteiger partial charge in [-0.05, 0) is 43.1 Å². The molecule has 1 aliphatic carbocycles. The van der Waals surface area contributed by atoms with Gasteiger partial charge >= 0.3 is 5.97 Å². The van der Waals surface area contributed by atoms with Crippen molar-refractivity contribution in [2.75, 3.05) is 0 Å². The first-order chi connectivity index (χ1) is 8.45. The highest BCUT2D eigenvalue weighted by Gasteiger charge is 2.34. The average molecular weight is 253 g/mol. The highest BCUT2D eigenvalue weighted by molar-refractivity contribution is 5.75. The third kappa shape index (κ3) is 3.91. The number of carbonyl (C=O) groups is 1. The molecule has 0 radical (unpaired) electrons. The van der Waals surface area contributed by atoms with Gasteiger partial charge in [-0.1, -0.05) is 32.3 Å². The second kappa shape index (κ2) is 6.64. The SMILES string of the molecule is CC1CCC(C(C)C)C(OC(=O)C(C)N=[N+]=[N-])C1. The van der Waals surface area contributed by atoms with Crippen molar-refractivity contribution < 1.29 is 9.53 Å². The Morgan fingerprint density at radius 3 is 2.61 bits per heavy atom. The third-order valence-electron chi connectivity index (χ3n) is 3.79. The Balaban J connectivity index is 2.66. The van der Waals surface area contributed by atoms with E-state index in [9.17, 15) is 4.79 Å². The molecule has 0 aromatic heterocycles. The van der Waals surface area contributed by atoms with E-state index in [0.717, 1.165) is 12.8 Å². The summed E-state index contributed by atoms with van der Waals surface area (Å²) in [5.41, 5.74) is 8.32. The molecule has 0 N–H and O–H groups in total. The molecule has 18 heavy (non-hydrogen) atoms. The van der Waals surface area contributed by atoms with Gasteiger partial charge in [0.2, 0.25) is 0 Å². The third-order valence-corrected chi connectivity index (χ3v) is 3.79. The Morgan fingerprint density at radius 2 is 2.06 bits per heavy atom. The van der Waals surface area contributed by atoms with E-state index < -0.39 is 12.0 Å². The van der Waals surface area contributed by atoms with Crippen LogP contribution in [0.2, 0.25) is 0 Å². The summed E-state index contributed by atoms with van der Waals surface area (Å²) in [5.74, 6) is 1.11. The molecule has 1 saturated carbocycles. The lowest BCUT2D eigenvalue weighted by molar-refractivity contribution is -0.157. The van der Waals surface area contributed by atoms with Gasteiger partial charge in [0.15, 0.2) is 0 Å². The highest BCUT2D eigenvalue weighted by atomic mass is 16.5. The summed E-state index contributed by atoms with van der Waals surface area (Å²) in [5, 5.41) is 3.38. The smallest absolute Gasteiger partial charge is 0.314 e. The molecule has 1 aliphatic rings. The molecule has 102 valence electrons. The summed E-state index contributed by atoms with van der Waals surface area (Å²) in [6.45, 7) is 8.09. The average Bonchev–Trinajstić information content (AvgIpc) is 2.28. The van der Waals surface area contributed by atoms with Crippen LogP contribution in [0.5, 0.6) is 0 Å². The monoisotopic (exact) mass is 253 g/mol. The minimum atomic E-state index is -0.736. The minimum absolute atomic E-state index is 0.0300. The molecule has 5 heteroatoms. The molecule has 0 amide bonds. The molecule has 0 aliphatic heterocycles. The topological polar surface area (TPSA) is 75.1 Å². The van der Waals surface area contributed by atoms with E-state index >= 15 is 0 Å². The van der Waals surface area contributed by atoms with Gasteiger partial charge < -0.3 is 4.74 Å².